The SMILES string of the molecule is CO[C@H]1C[C@@H]2CC[C@@H](C)[C@@](O)(O2)C(=O)C(=O)N2CCCC[C@H]2C(=O)O[C@H]([C@H](C)C[C@@H]2CC[C@@H](I)[C@H](OC)C2)CC(=O)[C@H](C)/C=C(\C)[C@@H](O)[C@@H](OC)C(=O)[C@H](C)C[C@H](C)/C=C/C=CC=C1C. The number of piperidine rings is 1. The van der Waals surface area contributed by atoms with E-state index in [1.807, 2.05) is 58.1 Å². The highest BCUT2D eigenvalue weighted by atomic mass is 127. The van der Waals surface area contributed by atoms with E-state index >= 15 is 0 Å². The Morgan fingerprint density at radius 3 is 2.28 bits per heavy atom. The summed E-state index contributed by atoms with van der Waals surface area (Å²) in [6.45, 7) is 12.9. The van der Waals surface area contributed by atoms with Gasteiger partial charge in [0.15, 0.2) is 5.78 Å². The van der Waals surface area contributed by atoms with Crippen LogP contribution < -0.4 is 0 Å². The predicted octanol–water partition coefficient (Wildman–Crippen LogP) is 7.62. The molecule has 3 fully saturated rings. The minimum Gasteiger partial charge on any atom is -0.460 e. The second-order valence-electron chi connectivity index (χ2n) is 19.5. The third kappa shape index (κ3) is 14.7. The van der Waals surface area contributed by atoms with E-state index in [4.69, 9.17) is 23.7 Å². The van der Waals surface area contributed by atoms with Crippen molar-refractivity contribution in [1.29, 1.82) is 0 Å². The van der Waals surface area contributed by atoms with Crippen LogP contribution >= 0.6 is 22.6 Å². The minimum atomic E-state index is -2.41. The topological polar surface area (TPSA) is 175 Å². The zero-order chi connectivity index (χ0) is 48.2. The summed E-state index contributed by atoms with van der Waals surface area (Å²) in [7, 11) is 4.70. The summed E-state index contributed by atoms with van der Waals surface area (Å²) in [5.41, 5.74) is 1.30. The fourth-order valence-electron chi connectivity index (χ4n) is 10.1. The van der Waals surface area contributed by atoms with Crippen LogP contribution in [0, 0.1) is 35.5 Å². The molecule has 3 aliphatic heterocycles. The highest BCUT2D eigenvalue weighted by Crippen LogP contribution is 2.38. The van der Waals surface area contributed by atoms with Crippen LogP contribution in [-0.2, 0) is 47.7 Å². The van der Waals surface area contributed by atoms with Crippen molar-refractivity contribution in [3.8, 4) is 0 Å². The number of methoxy groups -OCH3 is 3. The number of rotatable bonds is 6. The first kappa shape index (κ1) is 55.0. The van der Waals surface area contributed by atoms with Crippen molar-refractivity contribution in [3.05, 3.63) is 47.6 Å². The number of cyclic esters (lactones) is 1. The van der Waals surface area contributed by atoms with Gasteiger partial charge < -0.3 is 38.8 Å². The third-order valence-electron chi connectivity index (χ3n) is 14.4. The second kappa shape index (κ2) is 25.7. The molecule has 15 atom stereocenters. The van der Waals surface area contributed by atoms with Gasteiger partial charge in [0, 0.05) is 62.4 Å². The van der Waals surface area contributed by atoms with Crippen LogP contribution in [0.15, 0.2) is 47.6 Å². The van der Waals surface area contributed by atoms with Gasteiger partial charge in [0.1, 0.15) is 30.1 Å². The number of ketones is 3. The summed E-state index contributed by atoms with van der Waals surface area (Å²) in [4.78, 5) is 71.9. The zero-order valence-electron chi connectivity index (χ0n) is 40.5. The average molecular weight is 1020 g/mol. The molecule has 13 nitrogen and oxygen atoms in total. The first-order valence-electron chi connectivity index (χ1n) is 23.9. The summed E-state index contributed by atoms with van der Waals surface area (Å²) in [6, 6.07) is -1.11. The summed E-state index contributed by atoms with van der Waals surface area (Å²) in [5, 5.41) is 23.4. The number of carbonyl (C=O) groups excluding carboxylic acids is 5. The number of alkyl halides is 1. The number of aliphatic hydroxyl groups is 2. The number of esters is 1. The summed E-state index contributed by atoms with van der Waals surface area (Å²) >= 11 is 2.43. The Balaban J connectivity index is 1.70. The van der Waals surface area contributed by atoms with Crippen LogP contribution in [0.5, 0.6) is 0 Å². The molecule has 0 radical (unpaired) electrons. The van der Waals surface area contributed by atoms with E-state index in [1.54, 1.807) is 41.1 Å². The molecule has 4 rings (SSSR count). The number of aliphatic hydroxyl groups excluding tert-OH is 1. The van der Waals surface area contributed by atoms with Crippen molar-refractivity contribution in [1.82, 2.24) is 4.90 Å². The van der Waals surface area contributed by atoms with Crippen molar-refractivity contribution in [2.24, 2.45) is 35.5 Å². The van der Waals surface area contributed by atoms with Crippen molar-refractivity contribution < 1.29 is 57.9 Å². The third-order valence-corrected chi connectivity index (χ3v) is 15.9. The number of hydrogen-bond donors (Lipinski definition) is 2. The molecule has 0 aromatic rings. The minimum absolute atomic E-state index is 0.0301. The Morgan fingerprint density at radius 1 is 0.877 bits per heavy atom. The van der Waals surface area contributed by atoms with E-state index in [0.29, 0.717) is 54.4 Å². The highest BCUT2D eigenvalue weighted by molar-refractivity contribution is 14.1. The Bertz CT molecular complexity index is 1760. The molecule has 0 unspecified atom stereocenters. The number of hydrogen-bond acceptors (Lipinski definition) is 12. The van der Waals surface area contributed by atoms with Gasteiger partial charge in [0.05, 0.1) is 18.3 Å². The fraction of sp³-hybridized carbons (Fsp3) is 0.745. The molecule has 65 heavy (non-hydrogen) atoms. The van der Waals surface area contributed by atoms with Gasteiger partial charge in [-0.15, -0.1) is 0 Å². The van der Waals surface area contributed by atoms with Gasteiger partial charge in [-0.25, -0.2) is 4.79 Å². The van der Waals surface area contributed by atoms with Crippen LogP contribution in [0.2, 0.25) is 0 Å². The molecule has 2 bridgehead atoms. The van der Waals surface area contributed by atoms with E-state index in [0.717, 1.165) is 24.8 Å². The fourth-order valence-corrected chi connectivity index (χ4v) is 11.0. The number of halogens is 1. The molecule has 3 heterocycles. The predicted molar refractivity (Wildman–Crippen MR) is 257 cm³/mol. The van der Waals surface area contributed by atoms with Crippen LogP contribution in [0.1, 0.15) is 126 Å². The number of nitrogens with zero attached hydrogens (tertiary/aromatic N) is 1. The Morgan fingerprint density at radius 2 is 1.60 bits per heavy atom. The smallest absolute Gasteiger partial charge is 0.329 e. The molecule has 0 aromatic heterocycles. The summed E-state index contributed by atoms with van der Waals surface area (Å²) in [5.74, 6) is -7.50. The first-order chi connectivity index (χ1) is 30.7. The lowest BCUT2D eigenvalue weighted by molar-refractivity contribution is -0.265. The Labute approximate surface area is 401 Å². The van der Waals surface area contributed by atoms with Gasteiger partial charge in [-0.1, -0.05) is 93.7 Å². The molecule has 1 amide bonds. The Hall–Kier alpha value is -2.60. The van der Waals surface area contributed by atoms with E-state index in [2.05, 4.69) is 22.6 Å². The molecule has 4 aliphatic rings. The molecular formula is C51H78INO12. The van der Waals surface area contributed by atoms with Crippen LogP contribution in [0.3, 0.4) is 0 Å². The van der Waals surface area contributed by atoms with Crippen LogP contribution in [0.4, 0.5) is 0 Å². The molecule has 14 heteroatoms. The lowest BCUT2D eigenvalue weighted by Crippen LogP contribution is -2.61. The molecule has 0 spiro atoms. The van der Waals surface area contributed by atoms with Gasteiger partial charge >= 0.3 is 5.97 Å². The van der Waals surface area contributed by atoms with E-state index < -0.39 is 77.8 Å². The maximum atomic E-state index is 14.4. The quantitative estimate of drug-likeness (QED) is 0.0877. The van der Waals surface area contributed by atoms with Gasteiger partial charge in [0.25, 0.3) is 11.7 Å². The second-order valence-corrected chi connectivity index (χ2v) is 21.1. The molecule has 2 saturated heterocycles. The lowest BCUT2D eigenvalue weighted by Gasteiger charge is -2.42. The molecule has 2 N–H and O–H groups in total. The number of Topliss-reactive ketones (excluding diaryl/α,β-unsaturated/α-hetero) is 3. The number of ether oxygens (including phenoxy) is 5. The monoisotopic (exact) mass is 1020 g/mol. The van der Waals surface area contributed by atoms with Crippen molar-refractivity contribution >= 4 is 51.8 Å². The van der Waals surface area contributed by atoms with E-state index in [9.17, 15) is 34.2 Å². The van der Waals surface area contributed by atoms with E-state index in [-0.39, 0.29) is 54.8 Å². The molecule has 1 saturated carbocycles. The zero-order valence-corrected chi connectivity index (χ0v) is 42.7. The molecule has 1 aliphatic carbocycles. The standard InChI is InChI=1S/C51H78INO12/c1-30-16-12-11-13-17-31(2)42(61-8)28-38-21-19-36(7)51(60,65-38)48(57)49(58)53-23-15-14-18-40(53)50(59)64-43(33(4)26-37-20-22-39(52)44(27-37)62-9)29-41(54)32(3)25-35(6)46(56)47(63-10)45(55)34(5)24-30/h11-13,16-17,25,30,32-34,36-40,42-44,46-47,56,60H,14-15,18-24,26-29H2,1-10H3/b13-11?,16-12+,31-17?,35-25+/t30-,32-,33-,34-,36-,37+,38+,39-,40+,42+,43+,44-,46-,47+,51-/m1/s1. The van der Waals surface area contributed by atoms with Gasteiger partial charge in [-0.2, -0.15) is 0 Å². The molecular weight excluding hydrogens is 945 g/mol. The van der Waals surface area contributed by atoms with Gasteiger partial charge in [-0.05, 0) is 107 Å². The largest absolute Gasteiger partial charge is 0.460 e. The number of allylic oxidation sites excluding steroid dienone is 6. The van der Waals surface area contributed by atoms with E-state index in [1.165, 1.54) is 12.0 Å². The van der Waals surface area contributed by atoms with Gasteiger partial charge in [0.2, 0.25) is 5.79 Å². The van der Waals surface area contributed by atoms with Gasteiger partial charge in [-0.3, -0.25) is 19.2 Å². The maximum Gasteiger partial charge on any atom is 0.329 e. The maximum absolute atomic E-state index is 14.4. The van der Waals surface area contributed by atoms with Crippen molar-refractivity contribution in [2.75, 3.05) is 27.9 Å². The normalized spacial score (nSPS) is 39.1. The first-order valence-corrected chi connectivity index (χ1v) is 25.1. The van der Waals surface area contributed by atoms with Crippen LogP contribution in [-0.4, -0.2) is 125 Å². The molecule has 366 valence electrons. The van der Waals surface area contributed by atoms with Crippen LogP contribution in [0.25, 0.3) is 0 Å². The summed E-state index contributed by atoms with van der Waals surface area (Å²) in [6.07, 6.45) is 13.6. The Kier molecular flexibility index (Phi) is 21.7. The van der Waals surface area contributed by atoms with Crippen molar-refractivity contribution in [3.63, 3.8) is 0 Å². The summed E-state index contributed by atoms with van der Waals surface area (Å²) < 4.78 is 30.1. The number of amides is 1. The number of fused-ring (bicyclic) bond motifs is 3. The average Bonchev–Trinajstić information content (AvgIpc) is 3.28. The van der Waals surface area contributed by atoms with Crippen molar-refractivity contribution in [2.45, 2.75) is 178 Å². The lowest BCUT2D eigenvalue weighted by atomic mass is 9.79. The molecule has 0 aromatic carbocycles. The number of carbonyl (C=O) groups is 5. The highest BCUT2D eigenvalue weighted by Gasteiger charge is 2.53.